The van der Waals surface area contributed by atoms with Crippen molar-refractivity contribution in [1.29, 1.82) is 0 Å². The lowest BCUT2D eigenvalue weighted by Gasteiger charge is -2.12. The Morgan fingerprint density at radius 3 is 2.67 bits per heavy atom. The molecular weight excluding hydrogens is 326 g/mol. The SMILES string of the molecule is CC(C)Oc1cccc(-c2cc(C(=O)O)c3cc(Cl)ccc3n2)c1. The number of rotatable bonds is 4. The van der Waals surface area contributed by atoms with Crippen LogP contribution in [0.5, 0.6) is 5.75 Å². The van der Waals surface area contributed by atoms with Crippen molar-refractivity contribution < 1.29 is 14.6 Å². The van der Waals surface area contributed by atoms with E-state index in [0.29, 0.717) is 21.6 Å². The lowest BCUT2D eigenvalue weighted by Crippen LogP contribution is -2.05. The summed E-state index contributed by atoms with van der Waals surface area (Å²) in [5.41, 5.74) is 2.14. The molecule has 0 atom stereocenters. The highest BCUT2D eigenvalue weighted by molar-refractivity contribution is 6.31. The third kappa shape index (κ3) is 3.34. The Kier molecular flexibility index (Phi) is 4.40. The van der Waals surface area contributed by atoms with Gasteiger partial charge in [-0.05, 0) is 50.2 Å². The molecule has 0 spiro atoms. The minimum absolute atomic E-state index is 0.0570. The van der Waals surface area contributed by atoms with Gasteiger partial charge in [-0.2, -0.15) is 0 Å². The number of nitrogens with zero attached hydrogens (tertiary/aromatic N) is 1. The molecule has 0 amide bonds. The van der Waals surface area contributed by atoms with Crippen molar-refractivity contribution in [3.05, 3.63) is 59.1 Å². The molecule has 1 heterocycles. The summed E-state index contributed by atoms with van der Waals surface area (Å²) in [7, 11) is 0. The second-order valence-corrected chi connectivity index (χ2v) is 6.15. The first kappa shape index (κ1) is 16.3. The van der Waals surface area contributed by atoms with Crippen LogP contribution in [0, 0.1) is 0 Å². The van der Waals surface area contributed by atoms with Gasteiger partial charge in [-0.25, -0.2) is 9.78 Å². The Balaban J connectivity index is 2.17. The van der Waals surface area contributed by atoms with Gasteiger partial charge in [-0.3, -0.25) is 0 Å². The number of aromatic nitrogens is 1. The Labute approximate surface area is 144 Å². The first-order valence-electron chi connectivity index (χ1n) is 7.55. The van der Waals surface area contributed by atoms with Crippen molar-refractivity contribution in [1.82, 2.24) is 4.98 Å². The fourth-order valence-electron chi connectivity index (χ4n) is 2.52. The van der Waals surface area contributed by atoms with Gasteiger partial charge in [0, 0.05) is 16.0 Å². The van der Waals surface area contributed by atoms with Crippen LogP contribution in [0.25, 0.3) is 22.2 Å². The molecule has 0 fully saturated rings. The first-order valence-corrected chi connectivity index (χ1v) is 7.92. The molecule has 5 heteroatoms. The van der Waals surface area contributed by atoms with Gasteiger partial charge in [-0.15, -0.1) is 0 Å². The van der Waals surface area contributed by atoms with E-state index in [4.69, 9.17) is 16.3 Å². The maximum absolute atomic E-state index is 11.6. The van der Waals surface area contributed by atoms with Gasteiger partial charge in [0.25, 0.3) is 0 Å². The van der Waals surface area contributed by atoms with Crippen LogP contribution in [0.15, 0.2) is 48.5 Å². The molecule has 0 aliphatic rings. The number of ether oxygens (including phenoxy) is 1. The molecule has 1 aromatic heterocycles. The highest BCUT2D eigenvalue weighted by atomic mass is 35.5. The van der Waals surface area contributed by atoms with Crippen LogP contribution in [0.4, 0.5) is 0 Å². The highest BCUT2D eigenvalue weighted by Crippen LogP contribution is 2.29. The number of benzene rings is 2. The van der Waals surface area contributed by atoms with E-state index in [1.807, 2.05) is 38.1 Å². The van der Waals surface area contributed by atoms with Crippen LogP contribution < -0.4 is 4.74 Å². The number of carboxylic acid groups (broad SMARTS) is 1. The van der Waals surface area contributed by atoms with E-state index >= 15 is 0 Å². The predicted molar refractivity (Wildman–Crippen MR) is 94.9 cm³/mol. The van der Waals surface area contributed by atoms with Gasteiger partial charge < -0.3 is 9.84 Å². The molecule has 24 heavy (non-hydrogen) atoms. The van der Waals surface area contributed by atoms with Crippen molar-refractivity contribution in [2.45, 2.75) is 20.0 Å². The van der Waals surface area contributed by atoms with E-state index in [1.165, 1.54) is 0 Å². The number of halogens is 1. The van der Waals surface area contributed by atoms with Crippen LogP contribution in [-0.2, 0) is 0 Å². The van der Waals surface area contributed by atoms with Crippen LogP contribution >= 0.6 is 11.6 Å². The second kappa shape index (κ2) is 6.49. The Morgan fingerprint density at radius 1 is 1.17 bits per heavy atom. The van der Waals surface area contributed by atoms with Gasteiger partial charge in [0.2, 0.25) is 0 Å². The molecule has 0 saturated heterocycles. The third-order valence-electron chi connectivity index (χ3n) is 3.50. The molecule has 3 aromatic rings. The number of aromatic carboxylic acids is 1. The van der Waals surface area contributed by atoms with E-state index in [0.717, 1.165) is 11.3 Å². The van der Waals surface area contributed by atoms with Crippen molar-refractivity contribution in [3.8, 4) is 17.0 Å². The summed E-state index contributed by atoms with van der Waals surface area (Å²) in [6, 6.07) is 14.1. The van der Waals surface area contributed by atoms with Crippen LogP contribution in [-0.4, -0.2) is 22.2 Å². The van der Waals surface area contributed by atoms with E-state index in [9.17, 15) is 9.90 Å². The number of pyridine rings is 1. The number of fused-ring (bicyclic) bond motifs is 1. The lowest BCUT2D eigenvalue weighted by molar-refractivity contribution is 0.0699. The van der Waals surface area contributed by atoms with Gasteiger partial charge in [0.1, 0.15) is 5.75 Å². The maximum atomic E-state index is 11.6. The number of hydrogen-bond acceptors (Lipinski definition) is 3. The van der Waals surface area contributed by atoms with Crippen molar-refractivity contribution in [2.24, 2.45) is 0 Å². The normalized spacial score (nSPS) is 11.0. The van der Waals surface area contributed by atoms with Crippen LogP contribution in [0.1, 0.15) is 24.2 Å². The second-order valence-electron chi connectivity index (χ2n) is 5.72. The van der Waals surface area contributed by atoms with Gasteiger partial charge in [-0.1, -0.05) is 23.7 Å². The van der Waals surface area contributed by atoms with Gasteiger partial charge in [0.15, 0.2) is 0 Å². The van der Waals surface area contributed by atoms with Crippen molar-refractivity contribution in [2.75, 3.05) is 0 Å². The Bertz CT molecular complexity index is 922. The zero-order valence-electron chi connectivity index (χ0n) is 13.3. The average molecular weight is 342 g/mol. The smallest absolute Gasteiger partial charge is 0.336 e. The number of hydrogen-bond donors (Lipinski definition) is 1. The largest absolute Gasteiger partial charge is 0.491 e. The molecule has 3 rings (SSSR count). The summed E-state index contributed by atoms with van der Waals surface area (Å²) >= 11 is 5.98. The number of carbonyl (C=O) groups is 1. The zero-order chi connectivity index (χ0) is 17.3. The Morgan fingerprint density at radius 2 is 1.96 bits per heavy atom. The fraction of sp³-hybridized carbons (Fsp3) is 0.158. The van der Waals surface area contributed by atoms with Gasteiger partial charge >= 0.3 is 5.97 Å². The van der Waals surface area contributed by atoms with E-state index in [-0.39, 0.29) is 11.7 Å². The lowest BCUT2D eigenvalue weighted by atomic mass is 10.0. The molecule has 0 bridgehead atoms. The molecule has 4 nitrogen and oxygen atoms in total. The standard InChI is InChI=1S/C19H16ClNO3/c1-11(2)24-14-5-3-4-12(8-14)18-10-16(19(22)23)15-9-13(20)6-7-17(15)21-18/h3-11H,1-2H3,(H,22,23). The summed E-state index contributed by atoms with van der Waals surface area (Å²) in [6.45, 7) is 3.90. The molecule has 0 saturated carbocycles. The van der Waals surface area contributed by atoms with E-state index in [1.54, 1.807) is 24.3 Å². The minimum Gasteiger partial charge on any atom is -0.491 e. The minimum atomic E-state index is -1.01. The molecule has 0 aliphatic carbocycles. The summed E-state index contributed by atoms with van der Waals surface area (Å²) in [5, 5.41) is 10.5. The summed E-state index contributed by atoms with van der Waals surface area (Å²) in [5.74, 6) is -0.294. The topological polar surface area (TPSA) is 59.4 Å². The first-order chi connectivity index (χ1) is 11.4. The molecule has 2 aromatic carbocycles. The number of carboxylic acids is 1. The van der Waals surface area contributed by atoms with Crippen molar-refractivity contribution >= 4 is 28.5 Å². The van der Waals surface area contributed by atoms with E-state index in [2.05, 4.69) is 4.98 Å². The summed E-state index contributed by atoms with van der Waals surface area (Å²) < 4.78 is 5.70. The quantitative estimate of drug-likeness (QED) is 0.722. The summed E-state index contributed by atoms with van der Waals surface area (Å²) in [6.07, 6.45) is 0.0570. The van der Waals surface area contributed by atoms with Crippen LogP contribution in [0.2, 0.25) is 5.02 Å². The van der Waals surface area contributed by atoms with Crippen molar-refractivity contribution in [3.63, 3.8) is 0 Å². The van der Waals surface area contributed by atoms with E-state index < -0.39 is 5.97 Å². The zero-order valence-corrected chi connectivity index (χ0v) is 14.0. The molecule has 122 valence electrons. The average Bonchev–Trinajstić information content (AvgIpc) is 2.53. The highest BCUT2D eigenvalue weighted by Gasteiger charge is 2.14. The Hall–Kier alpha value is -2.59. The molecule has 0 aliphatic heterocycles. The third-order valence-corrected chi connectivity index (χ3v) is 3.74. The van der Waals surface area contributed by atoms with Crippen LogP contribution in [0.3, 0.4) is 0 Å². The maximum Gasteiger partial charge on any atom is 0.336 e. The fourth-order valence-corrected chi connectivity index (χ4v) is 2.70. The molecule has 0 radical (unpaired) electrons. The molecule has 1 N–H and O–H groups in total. The predicted octanol–water partition coefficient (Wildman–Crippen LogP) is 5.04. The van der Waals surface area contributed by atoms with Gasteiger partial charge in [0.05, 0.1) is 22.9 Å². The summed E-state index contributed by atoms with van der Waals surface area (Å²) in [4.78, 5) is 16.2. The molecule has 0 unspecified atom stereocenters. The monoisotopic (exact) mass is 341 g/mol. The molecular formula is C19H16ClNO3.